The van der Waals surface area contributed by atoms with E-state index in [9.17, 15) is 4.79 Å². The van der Waals surface area contributed by atoms with Gasteiger partial charge in [-0.3, -0.25) is 9.78 Å². The first-order chi connectivity index (χ1) is 14.6. The Bertz CT molecular complexity index is 1000. The van der Waals surface area contributed by atoms with E-state index in [1.165, 1.54) is 41.6 Å². The van der Waals surface area contributed by atoms with Crippen LogP contribution in [0.4, 0.5) is 5.69 Å². The van der Waals surface area contributed by atoms with E-state index < -0.39 is 0 Å². The predicted octanol–water partition coefficient (Wildman–Crippen LogP) is 6.09. The summed E-state index contributed by atoms with van der Waals surface area (Å²) in [6, 6.07) is 21.0. The molecule has 1 atom stereocenters. The minimum Gasteiger partial charge on any atom is -0.372 e. The quantitative estimate of drug-likeness (QED) is 0.471. The third-order valence-corrected chi connectivity index (χ3v) is 6.19. The first-order valence-electron chi connectivity index (χ1n) is 11.0. The zero-order valence-corrected chi connectivity index (χ0v) is 18.0. The van der Waals surface area contributed by atoms with Gasteiger partial charge in [0, 0.05) is 48.6 Å². The summed E-state index contributed by atoms with van der Waals surface area (Å²) in [6.45, 7) is 6.33. The Morgan fingerprint density at radius 1 is 0.967 bits per heavy atom. The molecule has 0 radical (unpaired) electrons. The summed E-state index contributed by atoms with van der Waals surface area (Å²) < 4.78 is 0. The number of piperidine rings is 1. The maximum absolute atomic E-state index is 13.1. The fourth-order valence-electron chi connectivity index (χ4n) is 4.48. The van der Waals surface area contributed by atoms with Gasteiger partial charge in [-0.2, -0.15) is 0 Å². The van der Waals surface area contributed by atoms with Crippen molar-refractivity contribution in [3.05, 3.63) is 94.8 Å². The standard InChI is InChI=1S/C27H30N2O/c1-20-8-4-5-9-25(20)26(19-27(30)23-14-15-28-21(2)18-23)22-10-12-24(13-11-22)29-16-6-3-7-17-29/h4-5,8-15,18,26H,3,6-7,16-17,19H2,1-2H3. The Labute approximate surface area is 179 Å². The second-order valence-corrected chi connectivity index (χ2v) is 8.36. The number of aromatic nitrogens is 1. The van der Waals surface area contributed by atoms with E-state index in [1.807, 2.05) is 19.1 Å². The fourth-order valence-corrected chi connectivity index (χ4v) is 4.48. The molecule has 30 heavy (non-hydrogen) atoms. The van der Waals surface area contributed by atoms with Crippen molar-refractivity contribution in [1.29, 1.82) is 0 Å². The molecule has 0 N–H and O–H groups in total. The third-order valence-electron chi connectivity index (χ3n) is 6.19. The fraction of sp³-hybridized carbons (Fsp3) is 0.333. The van der Waals surface area contributed by atoms with Crippen molar-refractivity contribution in [2.75, 3.05) is 18.0 Å². The molecule has 1 unspecified atom stereocenters. The van der Waals surface area contributed by atoms with Gasteiger partial charge in [-0.05, 0) is 74.1 Å². The average molecular weight is 399 g/mol. The number of rotatable bonds is 6. The molecule has 3 heteroatoms. The molecule has 154 valence electrons. The van der Waals surface area contributed by atoms with Crippen molar-refractivity contribution in [1.82, 2.24) is 4.98 Å². The van der Waals surface area contributed by atoms with Gasteiger partial charge in [0.25, 0.3) is 0 Å². The van der Waals surface area contributed by atoms with Crippen molar-refractivity contribution in [2.24, 2.45) is 0 Å². The number of carbonyl (C=O) groups excluding carboxylic acids is 1. The molecule has 2 heterocycles. The van der Waals surface area contributed by atoms with Crippen LogP contribution in [0.25, 0.3) is 0 Å². The van der Waals surface area contributed by atoms with Crippen molar-refractivity contribution in [3.8, 4) is 0 Å². The van der Waals surface area contributed by atoms with Crippen LogP contribution >= 0.6 is 0 Å². The molecule has 0 saturated carbocycles. The first kappa shape index (κ1) is 20.3. The molecule has 1 aliphatic rings. The maximum atomic E-state index is 13.1. The summed E-state index contributed by atoms with van der Waals surface area (Å²) in [5.41, 5.74) is 6.55. The van der Waals surface area contributed by atoms with E-state index in [-0.39, 0.29) is 11.7 Å². The molecule has 2 aromatic carbocycles. The third kappa shape index (κ3) is 4.62. The maximum Gasteiger partial charge on any atom is 0.163 e. The number of aryl methyl sites for hydroxylation is 2. The SMILES string of the molecule is Cc1cc(C(=O)CC(c2ccc(N3CCCCC3)cc2)c2ccccc2C)ccn1. The van der Waals surface area contributed by atoms with E-state index in [4.69, 9.17) is 0 Å². The van der Waals surface area contributed by atoms with Crippen LogP contribution in [0.3, 0.4) is 0 Å². The lowest BCUT2D eigenvalue weighted by Gasteiger charge is -2.29. The number of ketones is 1. The second-order valence-electron chi connectivity index (χ2n) is 8.36. The van der Waals surface area contributed by atoms with E-state index in [1.54, 1.807) is 6.20 Å². The molecule has 0 spiro atoms. The molecule has 1 aromatic heterocycles. The van der Waals surface area contributed by atoms with E-state index in [0.717, 1.165) is 24.3 Å². The van der Waals surface area contributed by atoms with Crippen molar-refractivity contribution in [3.63, 3.8) is 0 Å². The van der Waals surface area contributed by atoms with Crippen molar-refractivity contribution < 1.29 is 4.79 Å². The van der Waals surface area contributed by atoms with Gasteiger partial charge in [0.1, 0.15) is 0 Å². The predicted molar refractivity (Wildman–Crippen MR) is 123 cm³/mol. The van der Waals surface area contributed by atoms with Crippen LogP contribution in [0.2, 0.25) is 0 Å². The highest BCUT2D eigenvalue weighted by atomic mass is 16.1. The zero-order chi connectivity index (χ0) is 20.9. The number of benzene rings is 2. The zero-order valence-electron chi connectivity index (χ0n) is 18.0. The highest BCUT2D eigenvalue weighted by molar-refractivity contribution is 5.96. The monoisotopic (exact) mass is 398 g/mol. The van der Waals surface area contributed by atoms with E-state index in [2.05, 4.69) is 65.3 Å². The summed E-state index contributed by atoms with van der Waals surface area (Å²) in [5, 5.41) is 0. The Hall–Kier alpha value is -2.94. The number of hydrogen-bond donors (Lipinski definition) is 0. The number of anilines is 1. The molecule has 1 saturated heterocycles. The second kappa shape index (κ2) is 9.25. The van der Waals surface area contributed by atoms with Gasteiger partial charge in [-0.1, -0.05) is 36.4 Å². The summed E-state index contributed by atoms with van der Waals surface area (Å²) >= 11 is 0. The minimum atomic E-state index is 0.0441. The van der Waals surface area contributed by atoms with Crippen LogP contribution in [-0.4, -0.2) is 23.9 Å². The van der Waals surface area contributed by atoms with Gasteiger partial charge in [0.05, 0.1) is 0 Å². The summed E-state index contributed by atoms with van der Waals surface area (Å²) in [4.78, 5) is 19.8. The van der Waals surface area contributed by atoms with E-state index in [0.29, 0.717) is 6.42 Å². The Morgan fingerprint density at radius 2 is 1.70 bits per heavy atom. The molecule has 0 aliphatic carbocycles. The summed E-state index contributed by atoms with van der Waals surface area (Å²) in [5.74, 6) is 0.205. The smallest absolute Gasteiger partial charge is 0.163 e. The molecule has 1 fully saturated rings. The topological polar surface area (TPSA) is 33.2 Å². The number of nitrogens with zero attached hydrogens (tertiary/aromatic N) is 2. The van der Waals surface area contributed by atoms with Crippen LogP contribution in [-0.2, 0) is 0 Å². The van der Waals surface area contributed by atoms with Gasteiger partial charge < -0.3 is 4.90 Å². The minimum absolute atomic E-state index is 0.0441. The molecule has 3 nitrogen and oxygen atoms in total. The van der Waals surface area contributed by atoms with Crippen LogP contribution in [0, 0.1) is 13.8 Å². The van der Waals surface area contributed by atoms with Gasteiger partial charge in [0.2, 0.25) is 0 Å². The molecular weight excluding hydrogens is 368 g/mol. The molecule has 1 aliphatic heterocycles. The largest absolute Gasteiger partial charge is 0.372 e. The van der Waals surface area contributed by atoms with Crippen molar-refractivity contribution >= 4 is 11.5 Å². The van der Waals surface area contributed by atoms with Gasteiger partial charge >= 0.3 is 0 Å². The molecule has 3 aromatic rings. The van der Waals surface area contributed by atoms with Gasteiger partial charge in [-0.15, -0.1) is 0 Å². The molecular formula is C27H30N2O. The van der Waals surface area contributed by atoms with Crippen LogP contribution < -0.4 is 4.90 Å². The number of hydrogen-bond acceptors (Lipinski definition) is 3. The molecule has 0 amide bonds. The lowest BCUT2D eigenvalue weighted by atomic mass is 9.83. The van der Waals surface area contributed by atoms with Crippen molar-refractivity contribution in [2.45, 2.75) is 45.4 Å². The summed E-state index contributed by atoms with van der Waals surface area (Å²) in [6.07, 6.45) is 6.05. The van der Waals surface area contributed by atoms with Crippen LogP contribution in [0.5, 0.6) is 0 Å². The Morgan fingerprint density at radius 3 is 2.40 bits per heavy atom. The highest BCUT2D eigenvalue weighted by Gasteiger charge is 2.21. The van der Waals surface area contributed by atoms with E-state index >= 15 is 0 Å². The highest BCUT2D eigenvalue weighted by Crippen LogP contribution is 2.33. The average Bonchev–Trinajstić information content (AvgIpc) is 2.79. The number of Topliss-reactive ketones (excluding diaryl/α,β-unsaturated/α-hetero) is 1. The number of carbonyl (C=O) groups is 1. The van der Waals surface area contributed by atoms with Gasteiger partial charge in [-0.25, -0.2) is 0 Å². The normalized spacial score (nSPS) is 15.1. The van der Waals surface area contributed by atoms with Crippen LogP contribution in [0.15, 0.2) is 66.9 Å². The lowest BCUT2D eigenvalue weighted by Crippen LogP contribution is -2.29. The summed E-state index contributed by atoms with van der Waals surface area (Å²) in [7, 11) is 0. The molecule has 4 rings (SSSR count). The lowest BCUT2D eigenvalue weighted by molar-refractivity contribution is 0.0977. The Kier molecular flexibility index (Phi) is 6.27. The van der Waals surface area contributed by atoms with Gasteiger partial charge in [0.15, 0.2) is 5.78 Å². The number of pyridine rings is 1. The first-order valence-corrected chi connectivity index (χ1v) is 11.0. The molecule has 0 bridgehead atoms. The Balaban J connectivity index is 1.63. The van der Waals surface area contributed by atoms with Crippen LogP contribution in [0.1, 0.15) is 64.3 Å².